The minimum Gasteiger partial charge on any atom is -0.345 e. The predicted octanol–water partition coefficient (Wildman–Crippen LogP) is 9.92. The molecule has 0 saturated heterocycles. The number of pyridine rings is 1. The van der Waals surface area contributed by atoms with E-state index < -0.39 is 0 Å². The fourth-order valence-electron chi connectivity index (χ4n) is 6.20. The number of rotatable bonds is 5. The first-order valence-electron chi connectivity index (χ1n) is 15.0. The first kappa shape index (κ1) is 27.1. The molecule has 4 aromatic carbocycles. The highest BCUT2D eigenvalue weighted by Crippen LogP contribution is 2.39. The van der Waals surface area contributed by atoms with Gasteiger partial charge in [-0.2, -0.15) is 0 Å². The van der Waals surface area contributed by atoms with E-state index in [4.69, 9.17) is 10.7 Å². The van der Waals surface area contributed by atoms with Gasteiger partial charge in [-0.25, -0.2) is 4.98 Å². The lowest BCUT2D eigenvalue weighted by Gasteiger charge is -2.37. The average molecular weight is 579 g/mol. The monoisotopic (exact) mass is 578 g/mol. The molecular weight excluding hydrogens is 545 g/mol. The van der Waals surface area contributed by atoms with Gasteiger partial charge in [0.1, 0.15) is 11.0 Å². The molecular formula is C38H34N4S. The summed E-state index contributed by atoms with van der Waals surface area (Å²) in [6, 6.07) is 38.8. The van der Waals surface area contributed by atoms with Crippen LogP contribution in [-0.2, 0) is 0 Å². The van der Waals surface area contributed by atoms with Crippen LogP contribution in [0.2, 0.25) is 0 Å². The van der Waals surface area contributed by atoms with Crippen LogP contribution in [0.3, 0.4) is 0 Å². The minimum atomic E-state index is -0.263. The maximum absolute atomic E-state index is 6.93. The number of aromatic nitrogens is 2. The Labute approximate surface area is 256 Å². The summed E-state index contributed by atoms with van der Waals surface area (Å²) in [5, 5.41) is 3.63. The Morgan fingerprint density at radius 1 is 0.791 bits per heavy atom. The Hall–Kier alpha value is -4.71. The third kappa shape index (κ3) is 4.71. The second kappa shape index (κ2) is 11.5. The molecule has 3 heterocycles. The van der Waals surface area contributed by atoms with Crippen molar-refractivity contribution in [3.05, 3.63) is 139 Å². The van der Waals surface area contributed by atoms with Crippen LogP contribution in [0.4, 0.5) is 5.69 Å². The molecule has 4 nitrogen and oxygen atoms in total. The number of hydrogen-bond donors (Lipinski definition) is 1. The second-order valence-corrected chi connectivity index (χ2v) is 11.6. The maximum atomic E-state index is 6.93. The quantitative estimate of drug-likeness (QED) is 0.207. The van der Waals surface area contributed by atoms with E-state index in [1.807, 2.05) is 19.9 Å². The van der Waals surface area contributed by atoms with Crippen molar-refractivity contribution in [1.82, 2.24) is 9.55 Å². The molecule has 1 aliphatic rings. The third-order valence-electron chi connectivity index (χ3n) is 8.15. The van der Waals surface area contributed by atoms with E-state index in [1.165, 1.54) is 15.5 Å². The number of hydrogen-bond acceptors (Lipinski definition) is 4. The van der Waals surface area contributed by atoms with Gasteiger partial charge in [0.05, 0.1) is 22.6 Å². The van der Waals surface area contributed by atoms with Gasteiger partial charge in [0, 0.05) is 32.2 Å². The van der Waals surface area contributed by atoms with Crippen LogP contribution in [0, 0.1) is 0 Å². The van der Waals surface area contributed by atoms with Crippen LogP contribution in [0.25, 0.3) is 47.9 Å². The molecule has 0 bridgehead atoms. The van der Waals surface area contributed by atoms with E-state index in [1.54, 1.807) is 11.3 Å². The first-order valence-corrected chi connectivity index (χ1v) is 15.8. The van der Waals surface area contributed by atoms with Gasteiger partial charge in [-0.05, 0) is 54.4 Å². The molecule has 212 valence electrons. The van der Waals surface area contributed by atoms with Crippen LogP contribution in [0.15, 0.2) is 133 Å². The number of para-hydroxylation sites is 1. The first-order chi connectivity index (χ1) is 21.3. The molecule has 1 aliphatic carbocycles. The maximum Gasteiger partial charge on any atom is 0.125 e. The zero-order valence-electron chi connectivity index (χ0n) is 24.4. The smallest absolute Gasteiger partial charge is 0.125 e. The van der Waals surface area contributed by atoms with E-state index in [9.17, 15) is 0 Å². The Morgan fingerprint density at radius 3 is 2.28 bits per heavy atom. The van der Waals surface area contributed by atoms with Gasteiger partial charge in [-0.3, -0.25) is 0 Å². The molecule has 2 atom stereocenters. The van der Waals surface area contributed by atoms with Crippen molar-refractivity contribution in [2.24, 2.45) is 5.73 Å². The minimum absolute atomic E-state index is 0.179. The molecule has 43 heavy (non-hydrogen) atoms. The normalized spacial score (nSPS) is 15.2. The van der Waals surface area contributed by atoms with Gasteiger partial charge in [0.15, 0.2) is 0 Å². The summed E-state index contributed by atoms with van der Waals surface area (Å²) >= 11 is 1.76. The zero-order valence-corrected chi connectivity index (χ0v) is 25.2. The van der Waals surface area contributed by atoms with E-state index >= 15 is 0 Å². The fourth-order valence-corrected chi connectivity index (χ4v) is 7.26. The lowest BCUT2D eigenvalue weighted by Crippen LogP contribution is -2.42. The Morgan fingerprint density at radius 2 is 1.51 bits per heavy atom. The molecule has 7 aromatic rings. The van der Waals surface area contributed by atoms with Crippen molar-refractivity contribution in [3.8, 4) is 5.69 Å². The summed E-state index contributed by atoms with van der Waals surface area (Å²) < 4.78 is 3.61. The zero-order chi connectivity index (χ0) is 29.3. The summed E-state index contributed by atoms with van der Waals surface area (Å²) in [6.07, 6.45) is 9.33. The average Bonchev–Trinajstić information content (AvgIpc) is 3.61. The number of allylic oxidation sites excluding steroid dienone is 2. The number of nitrogens with two attached hydrogens (primary N) is 1. The van der Waals surface area contributed by atoms with Crippen LogP contribution >= 0.6 is 11.3 Å². The molecule has 2 N–H and O–H groups in total. The van der Waals surface area contributed by atoms with Crippen molar-refractivity contribution in [3.63, 3.8) is 0 Å². The SMILES string of the molecule is CC.NC(c1ccccc1)N(c1ccc(-n2c3ccccc3c3nc4sc5ccccc5c4cc32)cc1)C1C=CC=CC1. The molecule has 0 radical (unpaired) electrons. The number of thiophene rings is 1. The Balaban J connectivity index is 0.00000147. The number of nitrogens with zero attached hydrogens (tertiary/aromatic N) is 3. The summed E-state index contributed by atoms with van der Waals surface area (Å²) in [6.45, 7) is 4.00. The largest absolute Gasteiger partial charge is 0.345 e. The van der Waals surface area contributed by atoms with Crippen molar-refractivity contribution in [2.45, 2.75) is 32.5 Å². The van der Waals surface area contributed by atoms with Crippen molar-refractivity contribution >= 4 is 59.3 Å². The molecule has 0 spiro atoms. The summed E-state index contributed by atoms with van der Waals surface area (Å²) in [5.74, 6) is 0. The van der Waals surface area contributed by atoms with Gasteiger partial charge in [0.2, 0.25) is 0 Å². The van der Waals surface area contributed by atoms with E-state index in [0.29, 0.717) is 0 Å². The molecule has 0 amide bonds. The van der Waals surface area contributed by atoms with Gasteiger partial charge >= 0.3 is 0 Å². The number of fused-ring (bicyclic) bond motifs is 6. The van der Waals surface area contributed by atoms with Gasteiger partial charge in [0.25, 0.3) is 0 Å². The molecule has 0 fully saturated rings. The third-order valence-corrected chi connectivity index (χ3v) is 9.23. The van der Waals surface area contributed by atoms with E-state index in [2.05, 4.69) is 137 Å². The highest BCUT2D eigenvalue weighted by molar-refractivity contribution is 7.25. The lowest BCUT2D eigenvalue weighted by atomic mass is 10.0. The molecule has 0 aliphatic heterocycles. The highest BCUT2D eigenvalue weighted by Gasteiger charge is 2.24. The standard InChI is InChI=1S/C36H28N4S.C2H6/c37-35(24-11-3-1-4-12-24)39(25-13-5-2-6-14-25)26-19-21-27(22-20-26)40-31-17-9-7-16-29(31)34-32(40)23-30-28-15-8-10-18-33(28)41-36(30)38-34;1-2/h1-13,15-23,25,35H,14,37H2;1-2H3. The molecule has 0 saturated carbocycles. The van der Waals surface area contributed by atoms with Gasteiger partial charge in [-0.15, -0.1) is 11.3 Å². The second-order valence-electron chi connectivity index (χ2n) is 10.6. The summed E-state index contributed by atoms with van der Waals surface area (Å²) in [5.41, 5.74) is 13.5. The van der Waals surface area contributed by atoms with E-state index in [-0.39, 0.29) is 12.2 Å². The molecule has 2 unspecified atom stereocenters. The van der Waals surface area contributed by atoms with Crippen molar-refractivity contribution in [2.75, 3.05) is 4.90 Å². The summed E-state index contributed by atoms with van der Waals surface area (Å²) in [7, 11) is 0. The van der Waals surface area contributed by atoms with Crippen LogP contribution in [0.1, 0.15) is 32.0 Å². The topological polar surface area (TPSA) is 47.1 Å². The van der Waals surface area contributed by atoms with Gasteiger partial charge in [-0.1, -0.05) is 105 Å². The number of anilines is 1. The Bertz CT molecular complexity index is 2100. The predicted molar refractivity (Wildman–Crippen MR) is 185 cm³/mol. The molecule has 3 aromatic heterocycles. The molecule has 5 heteroatoms. The van der Waals surface area contributed by atoms with Crippen molar-refractivity contribution < 1.29 is 0 Å². The van der Waals surface area contributed by atoms with Gasteiger partial charge < -0.3 is 15.2 Å². The van der Waals surface area contributed by atoms with Crippen LogP contribution in [0.5, 0.6) is 0 Å². The van der Waals surface area contributed by atoms with Crippen molar-refractivity contribution in [1.29, 1.82) is 0 Å². The highest BCUT2D eigenvalue weighted by atomic mass is 32.1. The summed E-state index contributed by atoms with van der Waals surface area (Å²) in [4.78, 5) is 8.62. The van der Waals surface area contributed by atoms with E-state index in [0.717, 1.165) is 50.1 Å². The molecule has 8 rings (SSSR count). The van der Waals surface area contributed by atoms with Crippen LogP contribution < -0.4 is 10.6 Å². The number of benzene rings is 4. The Kier molecular flexibility index (Phi) is 7.27. The fraction of sp³-hybridized carbons (Fsp3) is 0.132. The lowest BCUT2D eigenvalue weighted by molar-refractivity contribution is 0.583. The van der Waals surface area contributed by atoms with Crippen LogP contribution in [-0.4, -0.2) is 15.6 Å².